The van der Waals surface area contributed by atoms with E-state index in [2.05, 4.69) is 186 Å². The second kappa shape index (κ2) is 18.0. The number of allylic oxidation sites excluding steroid dienone is 11. The van der Waals surface area contributed by atoms with E-state index in [1.807, 2.05) is 0 Å². The van der Waals surface area contributed by atoms with Crippen LogP contribution in [-0.4, -0.2) is 42.2 Å². The number of anilines is 1. The molecule has 4 aromatic carbocycles. The van der Waals surface area contributed by atoms with Crippen LogP contribution in [0.5, 0.6) is 0 Å². The van der Waals surface area contributed by atoms with Gasteiger partial charge in [0.05, 0.1) is 6.04 Å². The minimum atomic E-state index is -0.176. The molecule has 5 nitrogen and oxygen atoms in total. The molecule has 8 aliphatic rings. The quantitative estimate of drug-likeness (QED) is 0.158. The number of benzene rings is 4. The minimum Gasteiger partial charge on any atom is -0.456 e. The average Bonchev–Trinajstić information content (AvgIpc) is 3.98. The lowest BCUT2D eigenvalue weighted by Crippen LogP contribution is -2.56. The molecule has 0 radical (unpaired) electrons. The summed E-state index contributed by atoms with van der Waals surface area (Å²) in [6.07, 6.45) is 47.1. The predicted molar refractivity (Wildman–Crippen MR) is 287 cm³/mol. The van der Waals surface area contributed by atoms with Crippen molar-refractivity contribution in [2.45, 2.75) is 114 Å². The highest BCUT2D eigenvalue weighted by atomic mass is 16.3. The van der Waals surface area contributed by atoms with Gasteiger partial charge >= 0.3 is 0 Å². The summed E-state index contributed by atoms with van der Waals surface area (Å²) in [6, 6.07) is 30.9. The molecule has 3 heterocycles. The molecular weight excluding hydrogens is 841 g/mol. The normalized spacial score (nSPS) is 24.9. The van der Waals surface area contributed by atoms with Crippen molar-refractivity contribution >= 4 is 33.6 Å². The maximum Gasteiger partial charge on any atom is 0.138 e. The number of aryl methyl sites for hydroxylation is 1. The molecule has 69 heavy (non-hydrogen) atoms. The van der Waals surface area contributed by atoms with Gasteiger partial charge < -0.3 is 14.2 Å². The van der Waals surface area contributed by atoms with Crippen LogP contribution in [-0.2, 0) is 6.42 Å². The van der Waals surface area contributed by atoms with Gasteiger partial charge in [-0.05, 0) is 158 Å². The van der Waals surface area contributed by atoms with Gasteiger partial charge in [0.2, 0.25) is 0 Å². The van der Waals surface area contributed by atoms with Crippen LogP contribution in [0.1, 0.15) is 117 Å². The fourth-order valence-corrected chi connectivity index (χ4v) is 12.8. The third kappa shape index (κ3) is 7.61. The topological polar surface area (TPSA) is 44.0 Å². The predicted octanol–water partition coefficient (Wildman–Crippen LogP) is 15.1. The molecule has 0 bridgehead atoms. The van der Waals surface area contributed by atoms with Crippen LogP contribution in [0.2, 0.25) is 0 Å². The second-order valence-electron chi connectivity index (χ2n) is 20.4. The van der Waals surface area contributed by atoms with Crippen LogP contribution >= 0.6 is 0 Å². The number of nitrogens with one attached hydrogen (secondary N) is 1. The lowest BCUT2D eigenvalue weighted by Gasteiger charge is -2.41. The highest BCUT2D eigenvalue weighted by Crippen LogP contribution is 2.52. The number of amidine groups is 1. The van der Waals surface area contributed by atoms with E-state index in [9.17, 15) is 0 Å². The molecule has 0 spiro atoms. The fraction of sp³-hybridized carbons (Fsp3) is 0.297. The summed E-state index contributed by atoms with van der Waals surface area (Å²) >= 11 is 0. The molecule has 0 saturated carbocycles. The first-order valence-electron chi connectivity index (χ1n) is 26.1. The molecule has 5 aromatic rings. The number of rotatable bonds is 8. The highest BCUT2D eigenvalue weighted by Gasteiger charge is 2.41. The van der Waals surface area contributed by atoms with Crippen molar-refractivity contribution in [3.05, 3.63) is 209 Å². The number of nitrogens with zero attached hydrogens (tertiary/aromatic N) is 3. The second-order valence-corrected chi connectivity index (χ2v) is 20.4. The third-order valence-corrected chi connectivity index (χ3v) is 16.2. The van der Waals surface area contributed by atoms with Crippen LogP contribution in [0, 0.1) is 0 Å². The van der Waals surface area contributed by atoms with Gasteiger partial charge in [-0.15, -0.1) is 0 Å². The lowest BCUT2D eigenvalue weighted by atomic mass is 9.84. The molecule has 2 aliphatic heterocycles. The van der Waals surface area contributed by atoms with Crippen LogP contribution in [0.3, 0.4) is 0 Å². The van der Waals surface area contributed by atoms with E-state index in [1.54, 1.807) is 0 Å². The molecule has 6 aliphatic carbocycles. The van der Waals surface area contributed by atoms with E-state index in [0.717, 1.165) is 74.1 Å². The first kappa shape index (κ1) is 42.4. The molecule has 1 N–H and O–H groups in total. The number of aliphatic imine (C=N–C) groups is 1. The van der Waals surface area contributed by atoms with Gasteiger partial charge in [-0.1, -0.05) is 140 Å². The summed E-state index contributed by atoms with van der Waals surface area (Å²) in [7, 11) is 2.25. The number of likely N-dealkylation sites (N-methyl/N-ethyl adjacent to an activating group) is 1. The average molecular weight is 903 g/mol. The maximum atomic E-state index is 7.25. The smallest absolute Gasteiger partial charge is 0.138 e. The SMILES string of the molecule is CN1C(c2cc(-c3cc(-c4ccccc4)cc(C4C=CCCC4)c3)ccc2C2=CCCc3c2oc2ccc4c(c32)C2=CC=CCC2N4C2C=CCCC2)=NC(C2=CCCC=C2)NC1C1=CC=CCC1. The lowest BCUT2D eigenvalue weighted by molar-refractivity contribution is 0.296. The zero-order chi connectivity index (χ0) is 45.8. The summed E-state index contributed by atoms with van der Waals surface area (Å²) in [5.74, 6) is 2.42. The van der Waals surface area contributed by atoms with Gasteiger partial charge in [-0.25, -0.2) is 4.99 Å². The van der Waals surface area contributed by atoms with Crippen LogP contribution in [0.25, 0.3) is 44.4 Å². The van der Waals surface area contributed by atoms with E-state index in [-0.39, 0.29) is 12.3 Å². The van der Waals surface area contributed by atoms with Gasteiger partial charge in [0.25, 0.3) is 0 Å². The molecular formula is C64H62N4O. The van der Waals surface area contributed by atoms with Crippen molar-refractivity contribution in [3.8, 4) is 22.3 Å². The molecule has 5 atom stereocenters. The van der Waals surface area contributed by atoms with E-state index in [4.69, 9.17) is 9.41 Å². The largest absolute Gasteiger partial charge is 0.456 e. The van der Waals surface area contributed by atoms with Crippen LogP contribution in [0.4, 0.5) is 5.69 Å². The number of hydrogen-bond donors (Lipinski definition) is 1. The van der Waals surface area contributed by atoms with Crippen molar-refractivity contribution in [3.63, 3.8) is 0 Å². The Kier molecular flexibility index (Phi) is 11.1. The van der Waals surface area contributed by atoms with Crippen molar-refractivity contribution in [2.75, 3.05) is 11.9 Å². The standard InChI is InChI=1S/C64H62N4O/c1-67-63(45-26-13-5-14-27-45)65-62(44-24-11-4-12-25-44)66-64(67)55-41-46(49-39-47(42-20-7-2-8-21-42)38-48(40-49)43-22-9-3-10-23-43)34-35-51(55)52-31-19-32-54-60-58(69-61(52)54)37-36-57-59(60)53-30-17-18-33-56(53)68(57)50-28-15-6-16-29-50/h2,5,7-9,11,13,15,17-18,20-22,24-26,28,30-31,34-41,43,50,56,62-63,65H,3-4,6,10,12,14,16,19,23,27,29,32-33H2,1H3. The zero-order valence-electron chi connectivity index (χ0n) is 39.9. The highest BCUT2D eigenvalue weighted by molar-refractivity contribution is 6.09. The van der Waals surface area contributed by atoms with Crippen LogP contribution in [0.15, 0.2) is 184 Å². The molecule has 0 amide bonds. The van der Waals surface area contributed by atoms with Crippen molar-refractivity contribution in [1.82, 2.24) is 10.2 Å². The summed E-state index contributed by atoms with van der Waals surface area (Å²) in [6.45, 7) is 0. The monoisotopic (exact) mass is 902 g/mol. The van der Waals surface area contributed by atoms with Gasteiger partial charge in [0.15, 0.2) is 0 Å². The van der Waals surface area contributed by atoms with Crippen molar-refractivity contribution in [1.29, 1.82) is 0 Å². The molecule has 1 aromatic heterocycles. The zero-order valence-corrected chi connectivity index (χ0v) is 39.9. The molecule has 5 heteroatoms. The van der Waals surface area contributed by atoms with Crippen molar-refractivity contribution in [2.24, 2.45) is 4.99 Å². The van der Waals surface area contributed by atoms with Crippen LogP contribution < -0.4 is 10.2 Å². The fourth-order valence-electron chi connectivity index (χ4n) is 12.8. The first-order chi connectivity index (χ1) is 34.1. The Morgan fingerprint density at radius 3 is 2.38 bits per heavy atom. The van der Waals surface area contributed by atoms with E-state index in [0.29, 0.717) is 18.0 Å². The Labute approximate surface area is 408 Å². The van der Waals surface area contributed by atoms with Gasteiger partial charge in [0, 0.05) is 52.3 Å². The van der Waals surface area contributed by atoms with E-state index >= 15 is 0 Å². The first-order valence-corrected chi connectivity index (χ1v) is 26.1. The van der Waals surface area contributed by atoms with Gasteiger partial charge in [-0.3, -0.25) is 5.32 Å². The Bertz CT molecular complexity index is 3180. The molecule has 13 rings (SSSR count). The summed E-state index contributed by atoms with van der Waals surface area (Å²) in [5, 5.41) is 5.34. The Morgan fingerprint density at radius 2 is 1.57 bits per heavy atom. The summed E-state index contributed by atoms with van der Waals surface area (Å²) in [4.78, 5) is 10.9. The Morgan fingerprint density at radius 1 is 0.696 bits per heavy atom. The molecule has 0 saturated heterocycles. The minimum absolute atomic E-state index is 0.0105. The number of furan rings is 1. The molecule has 0 fully saturated rings. The van der Waals surface area contributed by atoms with Crippen molar-refractivity contribution < 1.29 is 4.42 Å². The Balaban J connectivity index is 1.00. The van der Waals surface area contributed by atoms with E-state index < -0.39 is 0 Å². The van der Waals surface area contributed by atoms with Gasteiger partial charge in [-0.2, -0.15) is 0 Å². The molecule has 5 unspecified atom stereocenters. The summed E-state index contributed by atoms with van der Waals surface area (Å²) < 4.78 is 7.25. The molecule has 344 valence electrons. The van der Waals surface area contributed by atoms with Gasteiger partial charge in [0.1, 0.15) is 29.5 Å². The number of hydrogen-bond acceptors (Lipinski definition) is 5. The Hall–Kier alpha value is -6.69. The maximum absolute atomic E-state index is 7.25. The van der Waals surface area contributed by atoms with E-state index in [1.165, 1.54) is 110 Å². The summed E-state index contributed by atoms with van der Waals surface area (Å²) in [5.41, 5.74) is 19.0. The number of fused-ring (bicyclic) bond motifs is 7. The third-order valence-electron chi connectivity index (χ3n) is 16.2.